The number of alkyl halides is 1. The fourth-order valence-corrected chi connectivity index (χ4v) is 1.72. The number of methoxy groups -OCH3 is 2. The van der Waals surface area contributed by atoms with Crippen LogP contribution in [0, 0.1) is 0 Å². The Kier molecular flexibility index (Phi) is 6.15. The standard InChI is InChI=1S/C15H19FO4/c1-4-5-6-13(17)14(16)15(18)10-7-11(19-2)9-12(8-10)20-3/h7-9,14H,4-6H2,1-3H3. The van der Waals surface area contributed by atoms with E-state index in [4.69, 9.17) is 9.47 Å². The van der Waals surface area contributed by atoms with Gasteiger partial charge in [-0.1, -0.05) is 13.3 Å². The monoisotopic (exact) mass is 282 g/mol. The van der Waals surface area contributed by atoms with Crippen LogP contribution in [-0.2, 0) is 4.79 Å². The Balaban J connectivity index is 2.93. The van der Waals surface area contributed by atoms with Gasteiger partial charge >= 0.3 is 0 Å². The zero-order valence-electron chi connectivity index (χ0n) is 11.9. The third kappa shape index (κ3) is 4.05. The molecule has 0 N–H and O–H groups in total. The first kappa shape index (κ1) is 16.1. The Bertz CT molecular complexity index is 463. The van der Waals surface area contributed by atoms with E-state index >= 15 is 0 Å². The smallest absolute Gasteiger partial charge is 0.220 e. The number of rotatable bonds is 8. The van der Waals surface area contributed by atoms with Gasteiger partial charge in [0.15, 0.2) is 5.78 Å². The molecule has 0 heterocycles. The van der Waals surface area contributed by atoms with Crippen molar-refractivity contribution >= 4 is 11.6 Å². The van der Waals surface area contributed by atoms with Gasteiger partial charge in [-0.2, -0.15) is 0 Å². The van der Waals surface area contributed by atoms with Crippen molar-refractivity contribution in [3.8, 4) is 11.5 Å². The molecule has 0 spiro atoms. The second-order valence-corrected chi connectivity index (χ2v) is 4.40. The molecule has 1 unspecified atom stereocenters. The Morgan fingerprint density at radius 3 is 2.15 bits per heavy atom. The van der Waals surface area contributed by atoms with Gasteiger partial charge in [-0.3, -0.25) is 9.59 Å². The molecule has 1 aromatic rings. The third-order valence-corrected chi connectivity index (χ3v) is 2.93. The van der Waals surface area contributed by atoms with Crippen molar-refractivity contribution < 1.29 is 23.5 Å². The molecule has 0 bridgehead atoms. The molecule has 0 aliphatic heterocycles. The molecule has 4 nitrogen and oxygen atoms in total. The third-order valence-electron chi connectivity index (χ3n) is 2.93. The summed E-state index contributed by atoms with van der Waals surface area (Å²) in [4.78, 5) is 23.5. The maximum atomic E-state index is 13.9. The minimum Gasteiger partial charge on any atom is -0.497 e. The number of benzene rings is 1. The van der Waals surface area contributed by atoms with Crippen LogP contribution in [0.5, 0.6) is 11.5 Å². The van der Waals surface area contributed by atoms with Crippen LogP contribution >= 0.6 is 0 Å². The van der Waals surface area contributed by atoms with Crippen LogP contribution in [0.3, 0.4) is 0 Å². The predicted molar refractivity (Wildman–Crippen MR) is 73.3 cm³/mol. The minimum absolute atomic E-state index is 0.0681. The number of ether oxygens (including phenoxy) is 2. The molecule has 20 heavy (non-hydrogen) atoms. The molecule has 0 saturated carbocycles. The summed E-state index contributed by atoms with van der Waals surface area (Å²) in [5, 5.41) is 0. The highest BCUT2D eigenvalue weighted by atomic mass is 19.1. The average Bonchev–Trinajstić information content (AvgIpc) is 2.50. The summed E-state index contributed by atoms with van der Waals surface area (Å²) < 4.78 is 23.9. The van der Waals surface area contributed by atoms with Gasteiger partial charge in [-0.25, -0.2) is 4.39 Å². The molecule has 0 amide bonds. The summed E-state index contributed by atoms with van der Waals surface area (Å²) in [5.74, 6) is -0.788. The molecule has 0 aliphatic rings. The van der Waals surface area contributed by atoms with Crippen molar-refractivity contribution in [2.75, 3.05) is 14.2 Å². The van der Waals surface area contributed by atoms with E-state index in [2.05, 4.69) is 0 Å². The van der Waals surface area contributed by atoms with Gasteiger partial charge in [0.05, 0.1) is 14.2 Å². The maximum Gasteiger partial charge on any atom is 0.220 e. The number of unbranched alkanes of at least 4 members (excludes halogenated alkanes) is 1. The van der Waals surface area contributed by atoms with E-state index in [1.165, 1.54) is 26.4 Å². The summed E-state index contributed by atoms with van der Waals surface area (Å²) in [6.45, 7) is 1.90. The Labute approximate surface area is 117 Å². The fourth-order valence-electron chi connectivity index (χ4n) is 1.72. The first-order valence-electron chi connectivity index (χ1n) is 6.47. The minimum atomic E-state index is -2.13. The van der Waals surface area contributed by atoms with Gasteiger partial charge in [-0.05, 0) is 18.6 Å². The number of hydrogen-bond acceptors (Lipinski definition) is 4. The van der Waals surface area contributed by atoms with Crippen LogP contribution in [-0.4, -0.2) is 32.0 Å². The lowest BCUT2D eigenvalue weighted by atomic mass is 10.0. The lowest BCUT2D eigenvalue weighted by Gasteiger charge is -2.10. The van der Waals surface area contributed by atoms with Gasteiger partial charge in [0, 0.05) is 18.1 Å². The number of carbonyl (C=O) groups excluding carboxylic acids is 2. The topological polar surface area (TPSA) is 52.6 Å². The van der Waals surface area contributed by atoms with Crippen molar-refractivity contribution in [2.45, 2.75) is 32.4 Å². The number of Topliss-reactive ketones (excluding diaryl/α,β-unsaturated/α-hetero) is 2. The summed E-state index contributed by atoms with van der Waals surface area (Å²) >= 11 is 0. The number of carbonyl (C=O) groups is 2. The van der Waals surface area contributed by atoms with Crippen molar-refractivity contribution in [3.05, 3.63) is 23.8 Å². The number of hydrogen-bond donors (Lipinski definition) is 0. The highest BCUT2D eigenvalue weighted by Gasteiger charge is 2.27. The van der Waals surface area contributed by atoms with Crippen molar-refractivity contribution in [3.63, 3.8) is 0 Å². The second-order valence-electron chi connectivity index (χ2n) is 4.40. The largest absolute Gasteiger partial charge is 0.497 e. The number of ketones is 2. The van der Waals surface area contributed by atoms with Crippen LogP contribution in [0.4, 0.5) is 4.39 Å². The van der Waals surface area contributed by atoms with Crippen LogP contribution in [0.25, 0.3) is 0 Å². The Hall–Kier alpha value is -1.91. The van der Waals surface area contributed by atoms with E-state index in [0.29, 0.717) is 17.9 Å². The SMILES string of the molecule is CCCCC(=O)C(F)C(=O)c1cc(OC)cc(OC)c1. The number of halogens is 1. The summed E-state index contributed by atoms with van der Waals surface area (Å²) in [7, 11) is 2.87. The Morgan fingerprint density at radius 1 is 1.15 bits per heavy atom. The molecule has 5 heteroatoms. The Morgan fingerprint density at radius 2 is 1.70 bits per heavy atom. The van der Waals surface area contributed by atoms with E-state index in [1.54, 1.807) is 6.07 Å². The van der Waals surface area contributed by atoms with Crippen LogP contribution in [0.15, 0.2) is 18.2 Å². The molecule has 110 valence electrons. The zero-order valence-corrected chi connectivity index (χ0v) is 11.9. The molecule has 1 atom stereocenters. The van der Waals surface area contributed by atoms with Crippen LogP contribution < -0.4 is 9.47 Å². The van der Waals surface area contributed by atoms with Gasteiger partial charge in [0.2, 0.25) is 12.0 Å². The average molecular weight is 282 g/mol. The first-order chi connectivity index (χ1) is 9.53. The summed E-state index contributed by atoms with van der Waals surface area (Å²) in [5.41, 5.74) is 0.0681. The van der Waals surface area contributed by atoms with E-state index in [-0.39, 0.29) is 12.0 Å². The quantitative estimate of drug-likeness (QED) is 0.543. The van der Waals surface area contributed by atoms with Crippen molar-refractivity contribution in [2.24, 2.45) is 0 Å². The molecule has 0 aliphatic carbocycles. The molecule has 0 radical (unpaired) electrons. The van der Waals surface area contributed by atoms with Crippen molar-refractivity contribution in [1.82, 2.24) is 0 Å². The molecular weight excluding hydrogens is 263 g/mol. The van der Waals surface area contributed by atoms with Crippen LogP contribution in [0.1, 0.15) is 36.5 Å². The summed E-state index contributed by atoms with van der Waals surface area (Å²) in [6, 6.07) is 4.36. The van der Waals surface area contributed by atoms with Gasteiger partial charge in [0.1, 0.15) is 11.5 Å². The molecule has 0 aromatic heterocycles. The molecule has 1 rings (SSSR count). The lowest BCUT2D eigenvalue weighted by molar-refractivity contribution is -0.122. The molecular formula is C15H19FO4. The molecule has 0 saturated heterocycles. The van der Waals surface area contributed by atoms with Gasteiger partial charge < -0.3 is 9.47 Å². The van der Waals surface area contributed by atoms with E-state index in [0.717, 1.165) is 6.42 Å². The predicted octanol–water partition coefficient (Wildman–Crippen LogP) is 2.98. The second kappa shape index (κ2) is 7.62. The summed E-state index contributed by atoms with van der Waals surface area (Å²) in [6.07, 6.45) is -0.698. The maximum absolute atomic E-state index is 13.9. The van der Waals surface area contributed by atoms with Crippen molar-refractivity contribution in [1.29, 1.82) is 0 Å². The molecule has 0 fully saturated rings. The van der Waals surface area contributed by atoms with E-state index < -0.39 is 17.7 Å². The van der Waals surface area contributed by atoms with Crippen LogP contribution in [0.2, 0.25) is 0 Å². The highest BCUT2D eigenvalue weighted by Crippen LogP contribution is 2.24. The normalized spacial score (nSPS) is 11.8. The first-order valence-corrected chi connectivity index (χ1v) is 6.47. The van der Waals surface area contributed by atoms with E-state index in [9.17, 15) is 14.0 Å². The zero-order chi connectivity index (χ0) is 15.1. The lowest BCUT2D eigenvalue weighted by Crippen LogP contribution is -2.25. The van der Waals surface area contributed by atoms with Gasteiger partial charge in [0.25, 0.3) is 0 Å². The van der Waals surface area contributed by atoms with E-state index in [1.807, 2.05) is 6.92 Å². The molecule has 1 aromatic carbocycles. The van der Waals surface area contributed by atoms with Gasteiger partial charge in [-0.15, -0.1) is 0 Å². The fraction of sp³-hybridized carbons (Fsp3) is 0.467. The highest BCUT2D eigenvalue weighted by molar-refractivity contribution is 6.13.